The summed E-state index contributed by atoms with van der Waals surface area (Å²) in [5, 5.41) is 10.1. The molecule has 4 heteroatoms. The lowest BCUT2D eigenvalue weighted by atomic mass is 9.66. The van der Waals surface area contributed by atoms with Crippen molar-refractivity contribution in [2.75, 3.05) is 0 Å². The topological polar surface area (TPSA) is 36.7 Å². The fourth-order valence-electron chi connectivity index (χ4n) is 1.82. The SMILES string of the molecule is N#CC1(c2c(Cl)cncc2Cl)CCC1. The van der Waals surface area contributed by atoms with Gasteiger partial charge in [0, 0.05) is 18.0 Å². The molecule has 0 amide bonds. The molecule has 1 aromatic heterocycles. The number of aromatic nitrogens is 1. The van der Waals surface area contributed by atoms with E-state index in [4.69, 9.17) is 28.5 Å². The molecule has 2 nitrogen and oxygen atoms in total. The summed E-state index contributed by atoms with van der Waals surface area (Å²) < 4.78 is 0. The first-order chi connectivity index (χ1) is 6.69. The molecule has 0 aliphatic heterocycles. The molecular formula is C10H8Cl2N2. The quantitative estimate of drug-likeness (QED) is 0.737. The van der Waals surface area contributed by atoms with Gasteiger partial charge >= 0.3 is 0 Å². The Labute approximate surface area is 92.5 Å². The highest BCUT2D eigenvalue weighted by atomic mass is 35.5. The fraction of sp³-hybridized carbons (Fsp3) is 0.400. The summed E-state index contributed by atoms with van der Waals surface area (Å²) in [6.07, 6.45) is 5.82. The van der Waals surface area contributed by atoms with Gasteiger partial charge in [0.1, 0.15) is 0 Å². The van der Waals surface area contributed by atoms with Crippen LogP contribution in [0.2, 0.25) is 10.0 Å². The fourth-order valence-corrected chi connectivity index (χ4v) is 2.54. The lowest BCUT2D eigenvalue weighted by molar-refractivity contribution is 0.324. The number of rotatable bonds is 1. The van der Waals surface area contributed by atoms with Crippen LogP contribution in [-0.4, -0.2) is 4.98 Å². The van der Waals surface area contributed by atoms with E-state index in [0.717, 1.165) is 24.8 Å². The van der Waals surface area contributed by atoms with E-state index in [1.807, 2.05) is 0 Å². The van der Waals surface area contributed by atoms with E-state index in [1.165, 1.54) is 0 Å². The molecule has 0 aromatic carbocycles. The van der Waals surface area contributed by atoms with Gasteiger partial charge in [0.25, 0.3) is 0 Å². The Morgan fingerprint density at radius 3 is 2.21 bits per heavy atom. The number of pyridine rings is 1. The molecule has 0 saturated heterocycles. The standard InChI is InChI=1S/C10H8Cl2N2/c11-7-4-14-5-8(12)9(7)10(6-13)2-1-3-10/h4-5H,1-3H2. The molecule has 1 heterocycles. The number of halogens is 2. The smallest absolute Gasteiger partial charge is 0.0852 e. The third-order valence-electron chi connectivity index (χ3n) is 2.75. The van der Waals surface area contributed by atoms with Crippen LogP contribution >= 0.6 is 23.2 Å². The van der Waals surface area contributed by atoms with Crippen LogP contribution in [0.4, 0.5) is 0 Å². The summed E-state index contributed by atoms with van der Waals surface area (Å²) in [4.78, 5) is 3.88. The first-order valence-corrected chi connectivity index (χ1v) is 5.16. The Morgan fingerprint density at radius 1 is 1.29 bits per heavy atom. The highest BCUT2D eigenvalue weighted by molar-refractivity contribution is 6.36. The maximum absolute atomic E-state index is 9.15. The van der Waals surface area contributed by atoms with Crippen molar-refractivity contribution in [1.29, 1.82) is 5.26 Å². The molecule has 72 valence electrons. The molecule has 1 aromatic rings. The van der Waals surface area contributed by atoms with Crippen LogP contribution in [0, 0.1) is 11.3 Å². The van der Waals surface area contributed by atoms with Gasteiger partial charge in [-0.1, -0.05) is 23.2 Å². The Hall–Kier alpha value is -0.780. The zero-order valence-electron chi connectivity index (χ0n) is 7.43. The number of hydrogen-bond acceptors (Lipinski definition) is 2. The van der Waals surface area contributed by atoms with Gasteiger partial charge in [0.2, 0.25) is 0 Å². The zero-order valence-corrected chi connectivity index (χ0v) is 8.94. The Balaban J connectivity index is 2.56. The predicted molar refractivity (Wildman–Crippen MR) is 55.4 cm³/mol. The molecule has 1 saturated carbocycles. The van der Waals surface area contributed by atoms with Gasteiger partial charge in [-0.2, -0.15) is 5.26 Å². The highest BCUT2D eigenvalue weighted by Crippen LogP contribution is 2.47. The van der Waals surface area contributed by atoms with E-state index in [2.05, 4.69) is 11.1 Å². The number of nitriles is 1. The van der Waals surface area contributed by atoms with Gasteiger partial charge in [0.05, 0.1) is 21.5 Å². The molecule has 0 unspecified atom stereocenters. The van der Waals surface area contributed by atoms with Crippen molar-refractivity contribution in [3.8, 4) is 6.07 Å². The minimum Gasteiger partial charge on any atom is -0.262 e. The summed E-state index contributed by atoms with van der Waals surface area (Å²) in [6, 6.07) is 2.32. The lowest BCUT2D eigenvalue weighted by Crippen LogP contribution is -2.33. The molecule has 0 atom stereocenters. The maximum Gasteiger partial charge on any atom is 0.0852 e. The van der Waals surface area contributed by atoms with Gasteiger partial charge in [-0.3, -0.25) is 4.98 Å². The second kappa shape index (κ2) is 3.42. The van der Waals surface area contributed by atoms with Crippen LogP contribution in [-0.2, 0) is 5.41 Å². The van der Waals surface area contributed by atoms with Gasteiger partial charge in [0.15, 0.2) is 0 Å². The van der Waals surface area contributed by atoms with Crippen molar-refractivity contribution in [1.82, 2.24) is 4.98 Å². The Morgan fingerprint density at radius 2 is 1.86 bits per heavy atom. The average Bonchev–Trinajstić information content (AvgIpc) is 2.08. The molecule has 1 aliphatic carbocycles. The molecule has 0 spiro atoms. The van der Waals surface area contributed by atoms with Crippen molar-refractivity contribution >= 4 is 23.2 Å². The van der Waals surface area contributed by atoms with Crippen molar-refractivity contribution in [2.45, 2.75) is 24.7 Å². The Kier molecular flexibility index (Phi) is 2.38. The minimum atomic E-state index is -0.461. The van der Waals surface area contributed by atoms with Crippen LogP contribution in [0.1, 0.15) is 24.8 Å². The van der Waals surface area contributed by atoms with Crippen LogP contribution in [0.25, 0.3) is 0 Å². The van der Waals surface area contributed by atoms with Crippen molar-refractivity contribution < 1.29 is 0 Å². The Bertz CT molecular complexity index is 385. The summed E-state index contributed by atoms with van der Waals surface area (Å²) in [5.74, 6) is 0. The van der Waals surface area contributed by atoms with Crippen molar-refractivity contribution in [3.63, 3.8) is 0 Å². The second-order valence-electron chi connectivity index (χ2n) is 3.53. The molecule has 2 rings (SSSR count). The van der Waals surface area contributed by atoms with Crippen molar-refractivity contribution in [3.05, 3.63) is 28.0 Å². The minimum absolute atomic E-state index is 0.461. The predicted octanol–water partition coefficient (Wildman–Crippen LogP) is 3.33. The normalized spacial score (nSPS) is 18.4. The third kappa shape index (κ3) is 1.28. The molecule has 1 aliphatic rings. The van der Waals surface area contributed by atoms with Crippen molar-refractivity contribution in [2.24, 2.45) is 0 Å². The average molecular weight is 227 g/mol. The van der Waals surface area contributed by atoms with E-state index in [1.54, 1.807) is 12.4 Å². The third-order valence-corrected chi connectivity index (χ3v) is 3.33. The zero-order chi connectivity index (χ0) is 10.2. The van der Waals surface area contributed by atoms with Gasteiger partial charge in [-0.25, -0.2) is 0 Å². The van der Waals surface area contributed by atoms with Crippen LogP contribution in [0.3, 0.4) is 0 Å². The summed E-state index contributed by atoms with van der Waals surface area (Å²) in [6.45, 7) is 0. The molecule has 14 heavy (non-hydrogen) atoms. The number of nitrogens with zero attached hydrogens (tertiary/aromatic N) is 2. The molecule has 0 N–H and O–H groups in total. The van der Waals surface area contributed by atoms with E-state index < -0.39 is 5.41 Å². The molecular weight excluding hydrogens is 219 g/mol. The van der Waals surface area contributed by atoms with E-state index in [-0.39, 0.29) is 0 Å². The van der Waals surface area contributed by atoms with Gasteiger partial charge in [-0.05, 0) is 19.3 Å². The van der Waals surface area contributed by atoms with Gasteiger partial charge < -0.3 is 0 Å². The van der Waals surface area contributed by atoms with Crippen LogP contribution in [0.15, 0.2) is 12.4 Å². The van der Waals surface area contributed by atoms with Crippen LogP contribution < -0.4 is 0 Å². The number of hydrogen-bond donors (Lipinski definition) is 0. The largest absolute Gasteiger partial charge is 0.262 e. The monoisotopic (exact) mass is 226 g/mol. The first kappa shape index (κ1) is 9.76. The van der Waals surface area contributed by atoms with E-state index >= 15 is 0 Å². The van der Waals surface area contributed by atoms with Crippen LogP contribution in [0.5, 0.6) is 0 Å². The van der Waals surface area contributed by atoms with Gasteiger partial charge in [-0.15, -0.1) is 0 Å². The lowest BCUT2D eigenvalue weighted by Gasteiger charge is -2.36. The first-order valence-electron chi connectivity index (χ1n) is 4.40. The molecule has 0 radical (unpaired) electrons. The summed E-state index contributed by atoms with van der Waals surface area (Å²) >= 11 is 12.0. The summed E-state index contributed by atoms with van der Waals surface area (Å²) in [7, 11) is 0. The molecule has 1 fully saturated rings. The van der Waals surface area contributed by atoms with E-state index in [9.17, 15) is 0 Å². The summed E-state index contributed by atoms with van der Waals surface area (Å²) in [5.41, 5.74) is 0.293. The highest BCUT2D eigenvalue weighted by Gasteiger charge is 2.42. The van der Waals surface area contributed by atoms with E-state index in [0.29, 0.717) is 10.0 Å². The maximum atomic E-state index is 9.15. The second-order valence-corrected chi connectivity index (χ2v) is 4.34. The molecule has 0 bridgehead atoms.